The van der Waals surface area contributed by atoms with Gasteiger partial charge in [0.1, 0.15) is 11.5 Å². The second kappa shape index (κ2) is 8.14. The van der Waals surface area contributed by atoms with Crippen LogP contribution in [0.4, 0.5) is 5.69 Å². The molecule has 120 valence electrons. The molecule has 5 nitrogen and oxygen atoms in total. The highest BCUT2D eigenvalue weighted by molar-refractivity contribution is 7.80. The molecular formula is C17H18N2O3S. The molecule has 23 heavy (non-hydrogen) atoms. The molecule has 2 N–H and O–H groups in total. The lowest BCUT2D eigenvalue weighted by Gasteiger charge is -2.14. The maximum atomic E-state index is 12.3. The van der Waals surface area contributed by atoms with Crippen LogP contribution in [0.3, 0.4) is 0 Å². The van der Waals surface area contributed by atoms with Crippen molar-refractivity contribution < 1.29 is 14.3 Å². The van der Waals surface area contributed by atoms with E-state index in [4.69, 9.17) is 21.7 Å². The van der Waals surface area contributed by atoms with Crippen molar-refractivity contribution in [2.24, 2.45) is 0 Å². The van der Waals surface area contributed by atoms with Gasteiger partial charge < -0.3 is 14.8 Å². The maximum Gasteiger partial charge on any atom is 0.261 e. The maximum absolute atomic E-state index is 12.3. The van der Waals surface area contributed by atoms with Gasteiger partial charge >= 0.3 is 0 Å². The van der Waals surface area contributed by atoms with Crippen molar-refractivity contribution in [2.45, 2.75) is 6.92 Å². The van der Waals surface area contributed by atoms with Gasteiger partial charge in [0, 0.05) is 0 Å². The number of para-hydroxylation sites is 3. The summed E-state index contributed by atoms with van der Waals surface area (Å²) in [6.45, 7) is 2.34. The fourth-order valence-corrected chi connectivity index (χ4v) is 2.21. The SMILES string of the molecule is CCOc1ccccc1C(=O)NC(=S)Nc1ccccc1OC. The van der Waals surface area contributed by atoms with Crippen LogP contribution in [-0.4, -0.2) is 24.7 Å². The number of hydrogen-bond acceptors (Lipinski definition) is 4. The Bertz CT molecular complexity index is 704. The van der Waals surface area contributed by atoms with Gasteiger partial charge in [-0.3, -0.25) is 10.1 Å². The molecule has 2 aromatic rings. The van der Waals surface area contributed by atoms with Gasteiger partial charge in [-0.05, 0) is 43.4 Å². The van der Waals surface area contributed by atoms with Crippen LogP contribution in [0.25, 0.3) is 0 Å². The van der Waals surface area contributed by atoms with Gasteiger partial charge in [-0.15, -0.1) is 0 Å². The monoisotopic (exact) mass is 330 g/mol. The number of hydrogen-bond donors (Lipinski definition) is 2. The van der Waals surface area contributed by atoms with E-state index in [1.807, 2.05) is 31.2 Å². The Hall–Kier alpha value is -2.60. The summed E-state index contributed by atoms with van der Waals surface area (Å²) in [5.74, 6) is 0.827. The molecule has 1 amide bonds. The minimum atomic E-state index is -0.332. The third-order valence-corrected chi connectivity index (χ3v) is 3.22. The number of carbonyl (C=O) groups is 1. The summed E-state index contributed by atoms with van der Waals surface area (Å²) in [6.07, 6.45) is 0. The van der Waals surface area contributed by atoms with Gasteiger partial charge in [0.25, 0.3) is 5.91 Å². The molecule has 2 rings (SSSR count). The molecule has 0 heterocycles. The molecular weight excluding hydrogens is 312 g/mol. The first-order chi connectivity index (χ1) is 11.2. The zero-order valence-electron chi connectivity index (χ0n) is 13.0. The second-order valence-corrected chi connectivity index (χ2v) is 4.95. The molecule has 6 heteroatoms. The molecule has 0 atom stereocenters. The highest BCUT2D eigenvalue weighted by Crippen LogP contribution is 2.23. The van der Waals surface area contributed by atoms with E-state index in [0.717, 1.165) is 0 Å². The molecule has 2 aromatic carbocycles. The molecule has 0 saturated carbocycles. The third-order valence-electron chi connectivity index (χ3n) is 3.01. The fraction of sp³-hybridized carbons (Fsp3) is 0.176. The van der Waals surface area contributed by atoms with Crippen LogP contribution < -0.4 is 20.1 Å². The molecule has 0 aliphatic rings. The van der Waals surface area contributed by atoms with Crippen molar-refractivity contribution in [3.05, 3.63) is 54.1 Å². The van der Waals surface area contributed by atoms with Crippen LogP contribution in [0.2, 0.25) is 0 Å². The van der Waals surface area contributed by atoms with Gasteiger partial charge in [0.15, 0.2) is 5.11 Å². The van der Waals surface area contributed by atoms with Crippen LogP contribution >= 0.6 is 12.2 Å². The lowest BCUT2D eigenvalue weighted by molar-refractivity contribution is 0.0974. The van der Waals surface area contributed by atoms with Crippen molar-refractivity contribution >= 4 is 28.9 Å². The Balaban J connectivity index is 2.07. The number of nitrogens with one attached hydrogen (secondary N) is 2. The predicted octanol–water partition coefficient (Wildman–Crippen LogP) is 3.22. The molecule has 0 saturated heterocycles. The number of thiocarbonyl (C=S) groups is 1. The van der Waals surface area contributed by atoms with Crippen molar-refractivity contribution in [1.82, 2.24) is 5.32 Å². The van der Waals surface area contributed by atoms with Gasteiger partial charge in [-0.1, -0.05) is 24.3 Å². The second-order valence-electron chi connectivity index (χ2n) is 4.54. The summed E-state index contributed by atoms with van der Waals surface area (Å²) in [5.41, 5.74) is 1.11. The van der Waals surface area contributed by atoms with Crippen LogP contribution in [0.5, 0.6) is 11.5 Å². The van der Waals surface area contributed by atoms with Crippen LogP contribution in [0.1, 0.15) is 17.3 Å². The third kappa shape index (κ3) is 4.43. The smallest absolute Gasteiger partial charge is 0.261 e. The van der Waals surface area contributed by atoms with E-state index in [1.165, 1.54) is 0 Å². The van der Waals surface area contributed by atoms with E-state index >= 15 is 0 Å². The average Bonchev–Trinajstić information content (AvgIpc) is 2.56. The molecule has 0 aliphatic heterocycles. The first-order valence-corrected chi connectivity index (χ1v) is 7.53. The normalized spacial score (nSPS) is 9.83. The highest BCUT2D eigenvalue weighted by Gasteiger charge is 2.14. The predicted molar refractivity (Wildman–Crippen MR) is 94.3 cm³/mol. The van der Waals surface area contributed by atoms with E-state index < -0.39 is 0 Å². The number of amides is 1. The number of benzene rings is 2. The summed E-state index contributed by atoms with van der Waals surface area (Å²) in [5, 5.41) is 5.77. The topological polar surface area (TPSA) is 59.6 Å². The molecule has 0 radical (unpaired) electrons. The zero-order chi connectivity index (χ0) is 16.7. The number of carbonyl (C=O) groups excluding carboxylic acids is 1. The van der Waals surface area contributed by atoms with Crippen molar-refractivity contribution in [2.75, 3.05) is 19.0 Å². The van der Waals surface area contributed by atoms with Crippen molar-refractivity contribution in [3.8, 4) is 11.5 Å². The van der Waals surface area contributed by atoms with E-state index in [-0.39, 0.29) is 11.0 Å². The minimum Gasteiger partial charge on any atom is -0.495 e. The Kier molecular flexibility index (Phi) is 5.94. The summed E-state index contributed by atoms with van der Waals surface area (Å²) < 4.78 is 10.7. The molecule has 0 aromatic heterocycles. The number of anilines is 1. The molecule has 0 aliphatic carbocycles. The largest absolute Gasteiger partial charge is 0.495 e. The van der Waals surface area contributed by atoms with E-state index in [2.05, 4.69) is 10.6 Å². The Morgan fingerprint density at radius 1 is 1.09 bits per heavy atom. The van der Waals surface area contributed by atoms with E-state index in [1.54, 1.807) is 31.4 Å². The van der Waals surface area contributed by atoms with E-state index in [0.29, 0.717) is 29.4 Å². The van der Waals surface area contributed by atoms with Crippen molar-refractivity contribution in [3.63, 3.8) is 0 Å². The van der Waals surface area contributed by atoms with Crippen LogP contribution in [0.15, 0.2) is 48.5 Å². The number of rotatable bonds is 5. The zero-order valence-corrected chi connectivity index (χ0v) is 13.8. The summed E-state index contributed by atoms with van der Waals surface area (Å²) in [7, 11) is 1.57. The summed E-state index contributed by atoms with van der Waals surface area (Å²) in [4.78, 5) is 12.3. The lowest BCUT2D eigenvalue weighted by Crippen LogP contribution is -2.34. The number of methoxy groups -OCH3 is 1. The fourth-order valence-electron chi connectivity index (χ4n) is 2.01. The van der Waals surface area contributed by atoms with Gasteiger partial charge in [-0.2, -0.15) is 0 Å². The van der Waals surface area contributed by atoms with Gasteiger partial charge in [-0.25, -0.2) is 0 Å². The van der Waals surface area contributed by atoms with Crippen LogP contribution in [0, 0.1) is 0 Å². The average molecular weight is 330 g/mol. The standard InChI is InChI=1S/C17H18N2O3S/c1-3-22-14-10-6-4-8-12(14)16(20)19-17(23)18-13-9-5-7-11-15(13)21-2/h4-11H,3H2,1-2H3,(H2,18,19,20,23). The molecule has 0 fully saturated rings. The first kappa shape index (κ1) is 16.8. The summed E-state index contributed by atoms with van der Waals surface area (Å²) >= 11 is 5.19. The van der Waals surface area contributed by atoms with Gasteiger partial charge in [0.2, 0.25) is 0 Å². The first-order valence-electron chi connectivity index (χ1n) is 7.13. The minimum absolute atomic E-state index is 0.186. The van der Waals surface area contributed by atoms with Crippen molar-refractivity contribution in [1.29, 1.82) is 0 Å². The lowest BCUT2D eigenvalue weighted by atomic mass is 10.2. The molecule has 0 unspecified atom stereocenters. The Labute approximate surface area is 140 Å². The molecule has 0 bridgehead atoms. The van der Waals surface area contributed by atoms with Gasteiger partial charge in [0.05, 0.1) is 25.0 Å². The highest BCUT2D eigenvalue weighted by atomic mass is 32.1. The quantitative estimate of drug-likeness (QED) is 0.824. The Morgan fingerprint density at radius 2 is 1.74 bits per heavy atom. The van der Waals surface area contributed by atoms with Crippen LogP contribution in [-0.2, 0) is 0 Å². The number of ether oxygens (including phenoxy) is 2. The Morgan fingerprint density at radius 3 is 2.43 bits per heavy atom. The van der Waals surface area contributed by atoms with E-state index in [9.17, 15) is 4.79 Å². The summed E-state index contributed by atoms with van der Waals surface area (Å²) in [6, 6.07) is 14.3. The molecule has 0 spiro atoms.